The molecule has 2 nitrogen and oxygen atoms in total. The Bertz CT molecular complexity index is 618. The molecule has 0 spiro atoms. The molecule has 0 amide bonds. The molecule has 0 radical (unpaired) electrons. The lowest BCUT2D eigenvalue weighted by atomic mass is 9.92. The number of aromatic nitrogens is 1. The van der Waals surface area contributed by atoms with Crippen molar-refractivity contribution in [1.82, 2.24) is 4.98 Å². The highest BCUT2D eigenvalue weighted by atomic mass is 16.1. The average molecular weight is 283 g/mol. The fourth-order valence-electron chi connectivity index (χ4n) is 3.68. The molecule has 21 heavy (non-hydrogen) atoms. The van der Waals surface area contributed by atoms with E-state index in [0.717, 1.165) is 29.3 Å². The monoisotopic (exact) mass is 283 g/mol. The molecule has 2 heteroatoms. The smallest absolute Gasteiger partial charge is 0.165 e. The predicted molar refractivity (Wildman–Crippen MR) is 87.8 cm³/mol. The van der Waals surface area contributed by atoms with Gasteiger partial charge in [0.15, 0.2) is 5.78 Å². The molecule has 112 valence electrons. The molecule has 0 aliphatic heterocycles. The first-order valence-corrected chi connectivity index (χ1v) is 8.41. The number of rotatable bonds is 4. The molecule has 0 unspecified atom stereocenters. The van der Waals surface area contributed by atoms with Gasteiger partial charge in [-0.1, -0.05) is 63.6 Å². The minimum absolute atomic E-state index is 0.321. The molecule has 1 fully saturated rings. The van der Waals surface area contributed by atoms with Gasteiger partial charge in [-0.05, 0) is 17.9 Å². The number of hydrogen-bond acceptors (Lipinski definition) is 1. The molecule has 1 heterocycles. The first kappa shape index (κ1) is 14.4. The zero-order valence-corrected chi connectivity index (χ0v) is 13.0. The summed E-state index contributed by atoms with van der Waals surface area (Å²) in [5.74, 6) is 0.917. The molecule has 1 aliphatic carbocycles. The zero-order chi connectivity index (χ0) is 14.7. The van der Waals surface area contributed by atoms with E-state index in [1.165, 1.54) is 44.1 Å². The Morgan fingerprint density at radius 3 is 2.67 bits per heavy atom. The second-order valence-electron chi connectivity index (χ2n) is 6.38. The number of aromatic amines is 1. The van der Waals surface area contributed by atoms with E-state index in [2.05, 4.69) is 30.1 Å². The molecular formula is C19H25NO. The fraction of sp³-hybridized carbons (Fsp3) is 0.526. The third-order valence-corrected chi connectivity index (χ3v) is 4.93. The van der Waals surface area contributed by atoms with Crippen molar-refractivity contribution in [3.05, 3.63) is 35.5 Å². The number of fused-ring (bicyclic) bond motifs is 1. The molecule has 0 saturated heterocycles. The SMILES string of the molecule is CCc1cccc2c(C(=O)CC3CCCCCC3)c[nH]c12. The molecule has 1 aliphatic rings. The fourth-order valence-corrected chi connectivity index (χ4v) is 3.68. The van der Waals surface area contributed by atoms with Crippen LogP contribution >= 0.6 is 0 Å². The summed E-state index contributed by atoms with van der Waals surface area (Å²) in [7, 11) is 0. The minimum Gasteiger partial charge on any atom is -0.360 e. The Labute approximate surface area is 126 Å². The average Bonchev–Trinajstić information content (AvgIpc) is 2.78. The number of H-pyrrole nitrogens is 1. The Hall–Kier alpha value is -1.57. The first-order chi connectivity index (χ1) is 10.3. The van der Waals surface area contributed by atoms with Crippen LogP contribution in [0.15, 0.2) is 24.4 Å². The van der Waals surface area contributed by atoms with E-state index in [1.54, 1.807) is 0 Å². The minimum atomic E-state index is 0.321. The maximum absolute atomic E-state index is 12.7. The van der Waals surface area contributed by atoms with E-state index >= 15 is 0 Å². The number of Topliss-reactive ketones (excluding diaryl/α,β-unsaturated/α-hetero) is 1. The number of hydrogen-bond donors (Lipinski definition) is 1. The Morgan fingerprint density at radius 2 is 1.95 bits per heavy atom. The Kier molecular flexibility index (Phi) is 4.42. The van der Waals surface area contributed by atoms with Gasteiger partial charge in [0, 0.05) is 29.1 Å². The van der Waals surface area contributed by atoms with E-state index < -0.39 is 0 Å². The van der Waals surface area contributed by atoms with E-state index in [9.17, 15) is 4.79 Å². The van der Waals surface area contributed by atoms with Crippen LogP contribution in [0.3, 0.4) is 0 Å². The van der Waals surface area contributed by atoms with Crippen molar-refractivity contribution in [2.75, 3.05) is 0 Å². The first-order valence-electron chi connectivity index (χ1n) is 8.41. The number of para-hydroxylation sites is 1. The lowest BCUT2D eigenvalue weighted by Crippen LogP contribution is -2.08. The van der Waals surface area contributed by atoms with Crippen LogP contribution in [0.2, 0.25) is 0 Å². The van der Waals surface area contributed by atoms with Gasteiger partial charge in [0.1, 0.15) is 0 Å². The van der Waals surface area contributed by atoms with Crippen molar-refractivity contribution in [2.45, 2.75) is 58.3 Å². The summed E-state index contributed by atoms with van der Waals surface area (Å²) in [5.41, 5.74) is 3.33. The summed E-state index contributed by atoms with van der Waals surface area (Å²) in [5, 5.41) is 1.10. The summed E-state index contributed by atoms with van der Waals surface area (Å²) < 4.78 is 0. The maximum atomic E-state index is 12.7. The highest BCUT2D eigenvalue weighted by Crippen LogP contribution is 2.29. The standard InChI is InChI=1S/C19H25NO/c1-2-15-10-7-11-16-17(13-20-19(15)16)18(21)12-14-8-5-3-4-6-9-14/h7,10-11,13-14,20H,2-6,8-9,12H2,1H3. The van der Waals surface area contributed by atoms with Crippen molar-refractivity contribution < 1.29 is 4.79 Å². The lowest BCUT2D eigenvalue weighted by molar-refractivity contribution is 0.0958. The van der Waals surface area contributed by atoms with Crippen molar-refractivity contribution in [2.24, 2.45) is 5.92 Å². The van der Waals surface area contributed by atoms with Crippen LogP contribution in [0.1, 0.15) is 67.8 Å². The van der Waals surface area contributed by atoms with Gasteiger partial charge in [0.25, 0.3) is 0 Å². The largest absolute Gasteiger partial charge is 0.360 e. The quantitative estimate of drug-likeness (QED) is 0.601. The predicted octanol–water partition coefficient (Wildman–Crippen LogP) is 5.27. The molecule has 0 bridgehead atoms. The van der Waals surface area contributed by atoms with E-state index in [4.69, 9.17) is 0 Å². The summed E-state index contributed by atoms with van der Waals surface area (Å²) in [6.45, 7) is 2.16. The van der Waals surface area contributed by atoms with Crippen LogP contribution in [-0.4, -0.2) is 10.8 Å². The number of benzene rings is 1. The summed E-state index contributed by atoms with van der Waals surface area (Å²) in [6, 6.07) is 6.28. The number of carbonyl (C=O) groups excluding carboxylic acids is 1. The van der Waals surface area contributed by atoms with E-state index in [0.29, 0.717) is 11.7 Å². The van der Waals surface area contributed by atoms with Gasteiger partial charge >= 0.3 is 0 Å². The molecule has 1 N–H and O–H groups in total. The molecule has 0 atom stereocenters. The van der Waals surface area contributed by atoms with Gasteiger partial charge < -0.3 is 4.98 Å². The Morgan fingerprint density at radius 1 is 1.19 bits per heavy atom. The number of carbonyl (C=O) groups is 1. The van der Waals surface area contributed by atoms with Crippen LogP contribution in [0.5, 0.6) is 0 Å². The van der Waals surface area contributed by atoms with Crippen molar-refractivity contribution >= 4 is 16.7 Å². The number of nitrogens with one attached hydrogen (secondary N) is 1. The Balaban J connectivity index is 1.81. The van der Waals surface area contributed by atoms with Crippen LogP contribution in [0.25, 0.3) is 10.9 Å². The molecule has 1 aromatic heterocycles. The normalized spacial score (nSPS) is 17.0. The van der Waals surface area contributed by atoms with Crippen molar-refractivity contribution in [1.29, 1.82) is 0 Å². The highest BCUT2D eigenvalue weighted by Gasteiger charge is 2.19. The molecule has 3 rings (SSSR count). The zero-order valence-electron chi connectivity index (χ0n) is 13.0. The second-order valence-corrected chi connectivity index (χ2v) is 6.38. The molecular weight excluding hydrogens is 258 g/mol. The van der Waals surface area contributed by atoms with Gasteiger partial charge in [-0.15, -0.1) is 0 Å². The number of aryl methyl sites for hydroxylation is 1. The molecule has 2 aromatic rings. The molecule has 1 aromatic carbocycles. The second kappa shape index (κ2) is 6.46. The van der Waals surface area contributed by atoms with Crippen LogP contribution in [-0.2, 0) is 6.42 Å². The van der Waals surface area contributed by atoms with Gasteiger partial charge in [0.2, 0.25) is 0 Å². The van der Waals surface area contributed by atoms with Crippen molar-refractivity contribution in [3.63, 3.8) is 0 Å². The van der Waals surface area contributed by atoms with Crippen LogP contribution in [0, 0.1) is 5.92 Å². The van der Waals surface area contributed by atoms with Gasteiger partial charge in [-0.3, -0.25) is 4.79 Å². The topological polar surface area (TPSA) is 32.9 Å². The summed E-state index contributed by atoms with van der Waals surface area (Å²) in [6.07, 6.45) is 11.4. The van der Waals surface area contributed by atoms with Crippen LogP contribution < -0.4 is 0 Å². The van der Waals surface area contributed by atoms with Gasteiger partial charge in [-0.25, -0.2) is 0 Å². The molecule has 1 saturated carbocycles. The highest BCUT2D eigenvalue weighted by molar-refractivity contribution is 6.08. The lowest BCUT2D eigenvalue weighted by Gasteiger charge is -2.12. The summed E-state index contributed by atoms with van der Waals surface area (Å²) in [4.78, 5) is 16.0. The van der Waals surface area contributed by atoms with E-state index in [-0.39, 0.29) is 0 Å². The number of ketones is 1. The van der Waals surface area contributed by atoms with E-state index in [1.807, 2.05) is 6.20 Å². The third kappa shape index (κ3) is 3.04. The van der Waals surface area contributed by atoms with Gasteiger partial charge in [0.05, 0.1) is 0 Å². The maximum Gasteiger partial charge on any atom is 0.165 e. The summed E-state index contributed by atoms with van der Waals surface area (Å²) >= 11 is 0. The third-order valence-electron chi connectivity index (χ3n) is 4.93. The van der Waals surface area contributed by atoms with Crippen LogP contribution in [0.4, 0.5) is 0 Å². The van der Waals surface area contributed by atoms with Gasteiger partial charge in [-0.2, -0.15) is 0 Å². The van der Waals surface area contributed by atoms with Crippen molar-refractivity contribution in [3.8, 4) is 0 Å².